The molecule has 0 radical (unpaired) electrons. The molecule has 0 fully saturated rings. The van der Waals surface area contributed by atoms with E-state index in [1.54, 1.807) is 5.12 Å². The van der Waals surface area contributed by atoms with Crippen LogP contribution >= 0.6 is 0 Å². The molecule has 21 heavy (non-hydrogen) atoms. The molecular weight excluding hydrogens is 260 g/mol. The van der Waals surface area contributed by atoms with Crippen molar-refractivity contribution in [2.75, 3.05) is 6.54 Å². The van der Waals surface area contributed by atoms with Gasteiger partial charge in [-0.2, -0.15) is 0 Å². The highest BCUT2D eigenvalue weighted by Crippen LogP contribution is 2.28. The van der Waals surface area contributed by atoms with Crippen LogP contribution in [0.2, 0.25) is 0 Å². The maximum absolute atomic E-state index is 6.27. The molecule has 116 valence electrons. The van der Waals surface area contributed by atoms with E-state index < -0.39 is 0 Å². The van der Waals surface area contributed by atoms with Gasteiger partial charge in [-0.1, -0.05) is 57.4 Å². The molecule has 1 aromatic carbocycles. The van der Waals surface area contributed by atoms with E-state index in [0.29, 0.717) is 0 Å². The van der Waals surface area contributed by atoms with Crippen LogP contribution in [0.15, 0.2) is 30.0 Å². The van der Waals surface area contributed by atoms with Gasteiger partial charge in [0.2, 0.25) is 0 Å². The predicted octanol–water partition coefficient (Wildman–Crippen LogP) is 3.56. The van der Waals surface area contributed by atoms with Gasteiger partial charge in [-0.05, 0) is 25.3 Å². The normalized spacial score (nSPS) is 15.7. The molecule has 1 aliphatic heterocycles. The molecule has 2 rings (SSSR count). The summed E-state index contributed by atoms with van der Waals surface area (Å²) >= 11 is 0. The third kappa shape index (κ3) is 3.57. The van der Waals surface area contributed by atoms with Crippen LogP contribution in [0.4, 0.5) is 0 Å². The van der Waals surface area contributed by atoms with Gasteiger partial charge in [0.1, 0.15) is 0 Å². The fraction of sp³-hybridized carbons (Fsp3) is 0.529. The summed E-state index contributed by atoms with van der Waals surface area (Å²) in [7, 11) is 0. The minimum absolute atomic E-state index is 0.915. The van der Waals surface area contributed by atoms with Crippen LogP contribution in [0.25, 0.3) is 5.70 Å². The Labute approximate surface area is 128 Å². The second kappa shape index (κ2) is 7.48. The smallest absolute Gasteiger partial charge is 0.0806 e. The van der Waals surface area contributed by atoms with Crippen LogP contribution in [-0.4, -0.2) is 16.8 Å². The molecule has 0 aliphatic carbocycles. The summed E-state index contributed by atoms with van der Waals surface area (Å²) in [5.41, 5.74) is 8.30. The summed E-state index contributed by atoms with van der Waals surface area (Å²) in [5, 5.41) is 3.82. The first kappa shape index (κ1) is 15.9. The summed E-state index contributed by atoms with van der Waals surface area (Å²) in [6, 6.07) is 8.45. The van der Waals surface area contributed by atoms with Gasteiger partial charge < -0.3 is 0 Å². The molecular formula is C17H28N4. The first-order valence-corrected chi connectivity index (χ1v) is 8.07. The highest BCUT2D eigenvalue weighted by atomic mass is 15.9. The topological polar surface area (TPSA) is 44.5 Å². The third-order valence-electron chi connectivity index (χ3n) is 4.04. The zero-order chi connectivity index (χ0) is 15.2. The van der Waals surface area contributed by atoms with Crippen molar-refractivity contribution in [3.8, 4) is 0 Å². The largest absolute Gasteiger partial charge is 0.298 e. The molecule has 3 N–H and O–H groups in total. The maximum Gasteiger partial charge on any atom is 0.0806 e. The lowest BCUT2D eigenvalue weighted by atomic mass is 10.0. The van der Waals surface area contributed by atoms with E-state index in [1.807, 2.05) is 5.12 Å². The molecule has 4 heteroatoms. The number of hydrogen-bond donors (Lipinski definition) is 2. The second-order valence-corrected chi connectivity index (χ2v) is 5.63. The Hall–Kier alpha value is -1.52. The number of nitrogens with two attached hydrogens (primary N) is 1. The molecule has 1 aliphatic rings. The number of nitrogens with zero attached hydrogens (tertiary/aromatic N) is 2. The summed E-state index contributed by atoms with van der Waals surface area (Å²) < 4.78 is 0. The van der Waals surface area contributed by atoms with Gasteiger partial charge in [-0.25, -0.2) is 11.0 Å². The van der Waals surface area contributed by atoms with Gasteiger partial charge in [-0.15, -0.1) is 5.12 Å². The van der Waals surface area contributed by atoms with E-state index in [-0.39, 0.29) is 0 Å². The van der Waals surface area contributed by atoms with E-state index >= 15 is 0 Å². The van der Waals surface area contributed by atoms with Gasteiger partial charge in [0.25, 0.3) is 0 Å². The van der Waals surface area contributed by atoms with Crippen molar-refractivity contribution in [2.24, 2.45) is 5.84 Å². The number of rotatable bonds is 7. The Morgan fingerprint density at radius 2 is 1.86 bits per heavy atom. The molecule has 1 heterocycles. The second-order valence-electron chi connectivity index (χ2n) is 5.63. The molecule has 0 bridgehead atoms. The average molecular weight is 288 g/mol. The Balaban J connectivity index is 2.10. The summed E-state index contributed by atoms with van der Waals surface area (Å²) in [5.74, 6) is 6.27. The number of benzene rings is 1. The molecule has 0 atom stereocenters. The van der Waals surface area contributed by atoms with E-state index in [0.717, 1.165) is 30.8 Å². The maximum atomic E-state index is 6.27. The first-order valence-electron chi connectivity index (χ1n) is 8.07. The summed E-state index contributed by atoms with van der Waals surface area (Å²) in [4.78, 5) is 0. The fourth-order valence-electron chi connectivity index (χ4n) is 2.77. The number of nitrogens with one attached hydrogen (secondary N) is 1. The lowest BCUT2D eigenvalue weighted by molar-refractivity contribution is -0.00627. The molecule has 0 spiro atoms. The van der Waals surface area contributed by atoms with Crippen molar-refractivity contribution in [1.29, 1.82) is 0 Å². The van der Waals surface area contributed by atoms with Gasteiger partial charge in [0, 0.05) is 12.1 Å². The SMILES string of the molecule is CCCCCCN1NC(c2ccccc2C)=C(CC)N1N. The van der Waals surface area contributed by atoms with Gasteiger partial charge in [0.15, 0.2) is 0 Å². The van der Waals surface area contributed by atoms with E-state index in [4.69, 9.17) is 5.84 Å². The Morgan fingerprint density at radius 1 is 1.10 bits per heavy atom. The van der Waals surface area contributed by atoms with Crippen molar-refractivity contribution in [3.05, 3.63) is 41.1 Å². The van der Waals surface area contributed by atoms with Crippen LogP contribution in [0.5, 0.6) is 0 Å². The van der Waals surface area contributed by atoms with E-state index in [2.05, 4.69) is 50.5 Å². The Kier molecular flexibility index (Phi) is 5.65. The molecule has 4 nitrogen and oxygen atoms in total. The van der Waals surface area contributed by atoms with Crippen LogP contribution in [0, 0.1) is 6.92 Å². The van der Waals surface area contributed by atoms with Crippen molar-refractivity contribution >= 4 is 5.70 Å². The molecule has 0 saturated carbocycles. The monoisotopic (exact) mass is 288 g/mol. The number of unbranched alkanes of at least 4 members (excludes halogenated alkanes) is 3. The van der Waals surface area contributed by atoms with E-state index in [1.165, 1.54) is 30.4 Å². The number of allylic oxidation sites excluding steroid dienone is 1. The number of hydrazine groups is 3. The molecule has 0 unspecified atom stereocenters. The summed E-state index contributed by atoms with van der Waals surface area (Å²) in [6.07, 6.45) is 5.87. The van der Waals surface area contributed by atoms with Crippen LogP contribution in [-0.2, 0) is 0 Å². The van der Waals surface area contributed by atoms with Crippen molar-refractivity contribution in [2.45, 2.75) is 52.9 Å². The minimum Gasteiger partial charge on any atom is -0.298 e. The zero-order valence-electron chi connectivity index (χ0n) is 13.5. The van der Waals surface area contributed by atoms with Crippen LogP contribution in [0.1, 0.15) is 57.1 Å². The van der Waals surface area contributed by atoms with Crippen LogP contribution < -0.4 is 11.3 Å². The molecule has 0 aromatic heterocycles. The first-order chi connectivity index (χ1) is 10.2. The Bertz CT molecular complexity index is 495. The lowest BCUT2D eigenvalue weighted by Gasteiger charge is -2.26. The van der Waals surface area contributed by atoms with Crippen molar-refractivity contribution in [3.63, 3.8) is 0 Å². The molecule has 1 aromatic rings. The molecule has 0 saturated heterocycles. The standard InChI is InChI=1S/C17H28N4/c1-4-6-7-10-13-20-19-17(16(5-2)21(20)18)15-12-9-8-11-14(15)3/h8-9,11-12,19H,4-7,10,13,18H2,1-3H3. The fourth-order valence-corrected chi connectivity index (χ4v) is 2.77. The average Bonchev–Trinajstić information content (AvgIpc) is 2.80. The van der Waals surface area contributed by atoms with Gasteiger partial charge >= 0.3 is 0 Å². The predicted molar refractivity (Wildman–Crippen MR) is 88.4 cm³/mol. The number of hydrogen-bond acceptors (Lipinski definition) is 4. The van der Waals surface area contributed by atoms with Crippen molar-refractivity contribution in [1.82, 2.24) is 15.7 Å². The van der Waals surface area contributed by atoms with E-state index in [9.17, 15) is 0 Å². The quantitative estimate of drug-likeness (QED) is 0.595. The highest BCUT2D eigenvalue weighted by Gasteiger charge is 2.27. The lowest BCUT2D eigenvalue weighted by Crippen LogP contribution is -2.47. The summed E-state index contributed by atoms with van der Waals surface area (Å²) in [6.45, 7) is 7.46. The zero-order valence-corrected chi connectivity index (χ0v) is 13.5. The van der Waals surface area contributed by atoms with Crippen LogP contribution in [0.3, 0.4) is 0 Å². The van der Waals surface area contributed by atoms with Crippen molar-refractivity contribution < 1.29 is 0 Å². The highest BCUT2D eigenvalue weighted by molar-refractivity contribution is 5.69. The third-order valence-corrected chi connectivity index (χ3v) is 4.04. The van der Waals surface area contributed by atoms with Gasteiger partial charge in [-0.3, -0.25) is 5.43 Å². The Morgan fingerprint density at radius 3 is 2.52 bits per heavy atom. The van der Waals surface area contributed by atoms with Gasteiger partial charge in [0.05, 0.1) is 11.4 Å². The molecule has 0 amide bonds. The minimum atomic E-state index is 0.915. The number of aryl methyl sites for hydroxylation is 1.